The highest BCUT2D eigenvalue weighted by molar-refractivity contribution is 8.00. The number of anilines is 2. The first-order valence-corrected chi connectivity index (χ1v) is 10.8. The number of para-hydroxylation sites is 1. The van der Waals surface area contributed by atoms with E-state index < -0.39 is 14.9 Å². The summed E-state index contributed by atoms with van der Waals surface area (Å²) in [6.07, 6.45) is 0. The van der Waals surface area contributed by atoms with Crippen molar-refractivity contribution in [1.82, 2.24) is 0 Å². The average Bonchev–Trinajstić information content (AvgIpc) is 2.65. The normalized spacial score (nSPS) is 13.0. The lowest BCUT2D eigenvalue weighted by molar-refractivity contribution is -0.385. The van der Waals surface area contributed by atoms with Crippen LogP contribution in [0.1, 0.15) is 5.56 Å². The molecule has 0 unspecified atom stereocenters. The molecule has 4 rings (SSSR count). The number of non-ortho nitro benzene ring substituents is 1. The maximum Gasteiger partial charge on any atom is 0.269 e. The summed E-state index contributed by atoms with van der Waals surface area (Å²) in [7, 11) is -4.04. The van der Waals surface area contributed by atoms with Crippen LogP contribution < -0.4 is 4.31 Å². The second-order valence-electron chi connectivity index (χ2n) is 6.16. The number of sulfonamides is 1. The molecule has 142 valence electrons. The van der Waals surface area contributed by atoms with Crippen molar-refractivity contribution in [3.05, 3.63) is 81.4 Å². The third-order valence-corrected chi connectivity index (χ3v) is 7.58. The van der Waals surface area contributed by atoms with Gasteiger partial charge in [0.15, 0.2) is 0 Å². The maximum atomic E-state index is 13.6. The molecule has 0 saturated carbocycles. The summed E-state index contributed by atoms with van der Waals surface area (Å²) < 4.78 is 28.5. The molecule has 3 aromatic carbocycles. The Labute approximate surface area is 171 Å². The summed E-state index contributed by atoms with van der Waals surface area (Å²) in [5.41, 5.74) is 1.11. The second-order valence-corrected chi connectivity index (χ2v) is 9.43. The van der Waals surface area contributed by atoms with Gasteiger partial charge in [0, 0.05) is 26.9 Å². The van der Waals surface area contributed by atoms with Crippen molar-refractivity contribution in [1.29, 1.82) is 0 Å². The van der Waals surface area contributed by atoms with E-state index in [-0.39, 0.29) is 10.6 Å². The third kappa shape index (κ3) is 3.03. The number of halogens is 1. The Hall–Kier alpha value is -2.55. The van der Waals surface area contributed by atoms with E-state index >= 15 is 0 Å². The molecule has 0 fully saturated rings. The van der Waals surface area contributed by atoms with E-state index in [1.54, 1.807) is 37.3 Å². The number of nitro groups is 1. The van der Waals surface area contributed by atoms with Crippen LogP contribution in [0.25, 0.3) is 0 Å². The zero-order valence-corrected chi connectivity index (χ0v) is 16.9. The van der Waals surface area contributed by atoms with Crippen LogP contribution >= 0.6 is 23.4 Å². The van der Waals surface area contributed by atoms with E-state index in [1.165, 1.54) is 34.3 Å². The summed E-state index contributed by atoms with van der Waals surface area (Å²) in [6, 6.07) is 16.0. The van der Waals surface area contributed by atoms with Crippen molar-refractivity contribution in [3.8, 4) is 0 Å². The minimum Gasteiger partial charge on any atom is -0.258 e. The molecule has 0 bridgehead atoms. The lowest BCUT2D eigenvalue weighted by atomic mass is 10.2. The van der Waals surface area contributed by atoms with E-state index in [1.807, 2.05) is 12.1 Å². The van der Waals surface area contributed by atoms with Gasteiger partial charge < -0.3 is 0 Å². The molecule has 0 spiro atoms. The van der Waals surface area contributed by atoms with Crippen molar-refractivity contribution >= 4 is 50.4 Å². The maximum absolute atomic E-state index is 13.6. The number of nitrogens with zero attached hydrogens (tertiary/aromatic N) is 2. The molecule has 0 aromatic heterocycles. The number of rotatable bonds is 3. The van der Waals surface area contributed by atoms with Gasteiger partial charge in [0.05, 0.1) is 21.2 Å². The largest absolute Gasteiger partial charge is 0.269 e. The predicted octanol–water partition coefficient (Wildman–Crippen LogP) is 5.55. The zero-order valence-electron chi connectivity index (χ0n) is 14.5. The lowest BCUT2D eigenvalue weighted by Gasteiger charge is -2.32. The van der Waals surface area contributed by atoms with Gasteiger partial charge in [-0.2, -0.15) is 0 Å². The molecule has 0 amide bonds. The highest BCUT2D eigenvalue weighted by Crippen LogP contribution is 2.51. The first-order chi connectivity index (χ1) is 13.3. The van der Waals surface area contributed by atoms with Gasteiger partial charge in [-0.1, -0.05) is 35.5 Å². The fraction of sp³-hybridized carbons (Fsp3) is 0.0526. The third-order valence-electron chi connectivity index (χ3n) is 4.33. The van der Waals surface area contributed by atoms with Crippen molar-refractivity contribution in [2.45, 2.75) is 21.6 Å². The Morgan fingerprint density at radius 1 is 1.00 bits per heavy atom. The van der Waals surface area contributed by atoms with Gasteiger partial charge in [-0.15, -0.1) is 0 Å². The summed E-state index contributed by atoms with van der Waals surface area (Å²) in [4.78, 5) is 12.0. The van der Waals surface area contributed by atoms with Crippen LogP contribution in [-0.2, 0) is 10.0 Å². The zero-order chi connectivity index (χ0) is 20.1. The first-order valence-electron chi connectivity index (χ1n) is 8.16. The van der Waals surface area contributed by atoms with Crippen LogP contribution in [0.2, 0.25) is 5.02 Å². The summed E-state index contributed by atoms with van der Waals surface area (Å²) >= 11 is 7.61. The number of nitro benzene ring substituents is 1. The van der Waals surface area contributed by atoms with E-state index in [0.717, 1.165) is 9.79 Å². The summed E-state index contributed by atoms with van der Waals surface area (Å²) in [6.45, 7) is 1.55. The molecule has 9 heteroatoms. The smallest absolute Gasteiger partial charge is 0.258 e. The first kappa shape index (κ1) is 18.8. The van der Waals surface area contributed by atoms with Crippen LogP contribution in [0, 0.1) is 17.0 Å². The van der Waals surface area contributed by atoms with E-state index in [2.05, 4.69) is 0 Å². The van der Waals surface area contributed by atoms with Gasteiger partial charge in [0.25, 0.3) is 15.7 Å². The summed E-state index contributed by atoms with van der Waals surface area (Å²) in [5.74, 6) is 0. The number of fused-ring (bicyclic) bond motifs is 2. The molecule has 3 aromatic rings. The highest BCUT2D eigenvalue weighted by Gasteiger charge is 2.35. The molecule has 0 saturated heterocycles. The molecule has 0 N–H and O–H groups in total. The predicted molar refractivity (Wildman–Crippen MR) is 109 cm³/mol. The minimum absolute atomic E-state index is 0.00530. The quantitative estimate of drug-likeness (QED) is 0.400. The second kappa shape index (κ2) is 6.80. The van der Waals surface area contributed by atoms with E-state index in [0.29, 0.717) is 22.0 Å². The molecular weight excluding hydrogens is 420 g/mol. The molecular formula is C19H13ClN2O4S2. The average molecular weight is 433 g/mol. The van der Waals surface area contributed by atoms with E-state index in [4.69, 9.17) is 11.6 Å². The van der Waals surface area contributed by atoms with Gasteiger partial charge in [-0.25, -0.2) is 12.7 Å². The van der Waals surface area contributed by atoms with Crippen LogP contribution in [0.4, 0.5) is 17.1 Å². The molecule has 0 aliphatic carbocycles. The van der Waals surface area contributed by atoms with Crippen LogP contribution in [0.5, 0.6) is 0 Å². The molecule has 1 heterocycles. The van der Waals surface area contributed by atoms with Crippen molar-refractivity contribution in [3.63, 3.8) is 0 Å². The summed E-state index contributed by atoms with van der Waals surface area (Å²) in [5, 5.41) is 11.4. The van der Waals surface area contributed by atoms with Crippen LogP contribution in [-0.4, -0.2) is 13.3 Å². The fourth-order valence-electron chi connectivity index (χ4n) is 3.09. The van der Waals surface area contributed by atoms with Gasteiger partial charge in [-0.05, 0) is 48.9 Å². The Morgan fingerprint density at radius 3 is 2.43 bits per heavy atom. The van der Waals surface area contributed by atoms with Crippen LogP contribution in [0.15, 0.2) is 75.4 Å². The molecule has 0 atom stereocenters. The molecule has 6 nitrogen and oxygen atoms in total. The fourth-order valence-corrected chi connectivity index (χ4v) is 6.14. The number of hydrogen-bond acceptors (Lipinski definition) is 5. The Kier molecular flexibility index (Phi) is 4.57. The number of aryl methyl sites for hydroxylation is 1. The standard InChI is InChI=1S/C19H13ClN2O4S2/c1-12-10-14(22(23)24)7-9-19(12)28(25,26)21-15-4-2-3-5-17(15)27-18-8-6-13(20)11-16(18)21/h2-11H,1H3. The van der Waals surface area contributed by atoms with Crippen molar-refractivity contribution in [2.75, 3.05) is 4.31 Å². The minimum atomic E-state index is -4.04. The van der Waals surface area contributed by atoms with E-state index in [9.17, 15) is 18.5 Å². The lowest BCUT2D eigenvalue weighted by Crippen LogP contribution is -2.29. The molecule has 1 aliphatic rings. The molecule has 1 aliphatic heterocycles. The van der Waals surface area contributed by atoms with Gasteiger partial charge in [0.1, 0.15) is 0 Å². The monoisotopic (exact) mass is 432 g/mol. The Morgan fingerprint density at radius 2 is 1.71 bits per heavy atom. The number of hydrogen-bond donors (Lipinski definition) is 0. The highest BCUT2D eigenvalue weighted by atomic mass is 35.5. The van der Waals surface area contributed by atoms with Crippen molar-refractivity contribution < 1.29 is 13.3 Å². The van der Waals surface area contributed by atoms with Gasteiger partial charge in [0.2, 0.25) is 0 Å². The topological polar surface area (TPSA) is 80.5 Å². The Bertz CT molecular complexity index is 1230. The van der Waals surface area contributed by atoms with Crippen LogP contribution in [0.3, 0.4) is 0 Å². The van der Waals surface area contributed by atoms with Crippen molar-refractivity contribution in [2.24, 2.45) is 0 Å². The number of benzene rings is 3. The SMILES string of the molecule is Cc1cc([N+](=O)[O-])ccc1S(=O)(=O)N1c2ccccc2Sc2ccc(Cl)cc21. The molecule has 0 radical (unpaired) electrons. The Balaban J connectivity index is 1.96. The molecule has 28 heavy (non-hydrogen) atoms. The van der Waals surface area contributed by atoms with Gasteiger partial charge in [-0.3, -0.25) is 10.1 Å². The van der Waals surface area contributed by atoms with Gasteiger partial charge >= 0.3 is 0 Å².